The van der Waals surface area contributed by atoms with E-state index in [9.17, 15) is 0 Å². The Morgan fingerprint density at radius 3 is 1.74 bits per heavy atom. The zero-order chi connectivity index (χ0) is 38.5. The summed E-state index contributed by atoms with van der Waals surface area (Å²) in [5.41, 5.74) is 12.0. The monoisotopic (exact) mass is 741 g/mol. The number of fused-ring (bicyclic) bond motifs is 13. The van der Waals surface area contributed by atoms with Crippen molar-refractivity contribution >= 4 is 54.3 Å². The van der Waals surface area contributed by atoms with E-state index < -0.39 is 0 Å². The lowest BCUT2D eigenvalue weighted by Gasteiger charge is -2.21. The highest BCUT2D eigenvalue weighted by atomic mass is 16.3. The number of benzene rings is 9. The van der Waals surface area contributed by atoms with Crippen LogP contribution < -0.4 is 0 Å². The molecule has 58 heavy (non-hydrogen) atoms. The summed E-state index contributed by atoms with van der Waals surface area (Å²) >= 11 is 0. The van der Waals surface area contributed by atoms with Crippen molar-refractivity contribution < 1.29 is 4.42 Å². The molecule has 9 aromatic carbocycles. The molecule has 0 amide bonds. The first kappa shape index (κ1) is 32.8. The Balaban J connectivity index is 1.09. The zero-order valence-corrected chi connectivity index (χ0v) is 32.0. The van der Waals surface area contributed by atoms with Gasteiger partial charge in [0.2, 0.25) is 0 Å². The van der Waals surface area contributed by atoms with Gasteiger partial charge in [-0.1, -0.05) is 153 Å². The van der Waals surface area contributed by atoms with Crippen molar-refractivity contribution in [3.8, 4) is 56.4 Å². The fourth-order valence-electron chi connectivity index (χ4n) is 9.49. The molecule has 0 saturated carbocycles. The lowest BCUT2D eigenvalue weighted by Crippen LogP contribution is -2.14. The maximum Gasteiger partial charge on any atom is 0.164 e. The first-order valence-electron chi connectivity index (χ1n) is 19.9. The van der Waals surface area contributed by atoms with Gasteiger partial charge in [-0.15, -0.1) is 0 Å². The smallest absolute Gasteiger partial charge is 0.164 e. The van der Waals surface area contributed by atoms with Gasteiger partial charge in [0.1, 0.15) is 11.2 Å². The Kier molecular flexibility index (Phi) is 6.94. The van der Waals surface area contributed by atoms with Crippen LogP contribution in [0.1, 0.15) is 25.0 Å². The predicted octanol–water partition coefficient (Wildman–Crippen LogP) is 14.2. The minimum atomic E-state index is -0.0910. The van der Waals surface area contributed by atoms with Gasteiger partial charge in [0.15, 0.2) is 17.5 Å². The average Bonchev–Trinajstić information content (AvgIpc) is 3.78. The van der Waals surface area contributed by atoms with Gasteiger partial charge in [0, 0.05) is 38.3 Å². The van der Waals surface area contributed by atoms with Crippen molar-refractivity contribution in [1.82, 2.24) is 15.0 Å². The molecule has 1 aliphatic carbocycles. The molecule has 0 bridgehead atoms. The molecule has 12 rings (SSSR count). The zero-order valence-electron chi connectivity index (χ0n) is 32.0. The van der Waals surface area contributed by atoms with E-state index in [4.69, 9.17) is 19.4 Å². The summed E-state index contributed by atoms with van der Waals surface area (Å²) in [5.74, 6) is 1.92. The summed E-state index contributed by atoms with van der Waals surface area (Å²) in [6.45, 7) is 4.62. The number of aromatic nitrogens is 3. The minimum Gasteiger partial charge on any atom is -0.456 e. The molecule has 0 atom stereocenters. The molecule has 11 aromatic rings. The van der Waals surface area contributed by atoms with Gasteiger partial charge >= 0.3 is 0 Å². The number of hydrogen-bond acceptors (Lipinski definition) is 4. The van der Waals surface area contributed by atoms with Gasteiger partial charge in [0.05, 0.1) is 0 Å². The Bertz CT molecular complexity index is 3470. The summed E-state index contributed by atoms with van der Waals surface area (Å²) in [5, 5.41) is 9.38. The van der Waals surface area contributed by atoms with E-state index in [-0.39, 0.29) is 5.41 Å². The second-order valence-electron chi connectivity index (χ2n) is 15.9. The van der Waals surface area contributed by atoms with Crippen molar-refractivity contribution in [2.75, 3.05) is 0 Å². The number of para-hydroxylation sites is 1. The van der Waals surface area contributed by atoms with Crippen LogP contribution in [-0.2, 0) is 5.41 Å². The highest BCUT2D eigenvalue weighted by Crippen LogP contribution is 2.49. The molecule has 1 aliphatic rings. The van der Waals surface area contributed by atoms with Gasteiger partial charge in [-0.2, -0.15) is 0 Å². The van der Waals surface area contributed by atoms with E-state index in [1.165, 1.54) is 49.2 Å². The van der Waals surface area contributed by atoms with Crippen molar-refractivity contribution in [3.05, 3.63) is 187 Å². The van der Waals surface area contributed by atoms with Crippen LogP contribution in [-0.4, -0.2) is 15.0 Å². The molecule has 2 aromatic heterocycles. The van der Waals surface area contributed by atoms with Gasteiger partial charge in [0.25, 0.3) is 0 Å². The Morgan fingerprint density at radius 2 is 0.914 bits per heavy atom. The predicted molar refractivity (Wildman–Crippen MR) is 239 cm³/mol. The lowest BCUT2D eigenvalue weighted by atomic mass is 9.82. The van der Waals surface area contributed by atoms with E-state index >= 15 is 0 Å². The fraction of sp³-hybridized carbons (Fsp3) is 0.0556. The topological polar surface area (TPSA) is 51.8 Å². The maximum atomic E-state index is 6.36. The third kappa shape index (κ3) is 4.85. The van der Waals surface area contributed by atoms with Crippen LogP contribution in [0, 0.1) is 0 Å². The standard InChI is InChI=1S/C54H35N3O/c1-54(2)45-21-10-8-18-39(45)44-31-36(24-27-46(44)54)53-56-51(34-16-12-15-33(29-34)32-13-4-3-5-14-32)55-52(57-53)35-23-25-38-41-26-28-48-50(42-20-9-11-22-47(42)58-48)49(41)40-19-7-6-17-37(40)43(38)30-35/h3-31H,1-2H3. The molecule has 0 aliphatic heterocycles. The van der Waals surface area contributed by atoms with Crippen LogP contribution in [0.3, 0.4) is 0 Å². The van der Waals surface area contributed by atoms with Gasteiger partial charge < -0.3 is 4.42 Å². The molecular formula is C54H35N3O. The van der Waals surface area contributed by atoms with Crippen molar-refractivity contribution in [2.24, 2.45) is 0 Å². The van der Waals surface area contributed by atoms with Crippen LogP contribution in [0.4, 0.5) is 0 Å². The Hall–Kier alpha value is -7.43. The summed E-state index contributed by atoms with van der Waals surface area (Å²) in [6, 6.07) is 62.4. The van der Waals surface area contributed by atoms with E-state index in [1.807, 2.05) is 18.2 Å². The SMILES string of the molecule is CC1(C)c2ccccc2-c2cc(-c3nc(-c4cccc(-c5ccccc5)c4)nc(-c4ccc5c(c4)c4ccccc4c4c5ccc5oc6ccccc6c54)n3)ccc21. The second-order valence-corrected chi connectivity index (χ2v) is 15.9. The van der Waals surface area contributed by atoms with E-state index in [0.717, 1.165) is 55.1 Å². The molecule has 0 fully saturated rings. The average molecular weight is 742 g/mol. The van der Waals surface area contributed by atoms with Gasteiger partial charge in [-0.3, -0.25) is 0 Å². The molecule has 0 N–H and O–H groups in total. The van der Waals surface area contributed by atoms with Crippen LogP contribution >= 0.6 is 0 Å². The van der Waals surface area contributed by atoms with E-state index in [1.54, 1.807) is 0 Å². The summed E-state index contributed by atoms with van der Waals surface area (Å²) < 4.78 is 6.36. The molecule has 4 nitrogen and oxygen atoms in total. The molecule has 4 heteroatoms. The third-order valence-electron chi connectivity index (χ3n) is 12.3. The fourth-order valence-corrected chi connectivity index (χ4v) is 9.49. The summed E-state index contributed by atoms with van der Waals surface area (Å²) in [7, 11) is 0. The van der Waals surface area contributed by atoms with Gasteiger partial charge in [-0.05, 0) is 96.7 Å². The second kappa shape index (κ2) is 12.3. The van der Waals surface area contributed by atoms with Crippen LogP contribution in [0.5, 0.6) is 0 Å². The third-order valence-corrected chi connectivity index (χ3v) is 12.3. The Labute approximate surface area is 335 Å². The largest absolute Gasteiger partial charge is 0.456 e. The maximum absolute atomic E-state index is 6.36. The molecule has 272 valence electrons. The number of nitrogens with zero attached hydrogens (tertiary/aromatic N) is 3. The van der Waals surface area contributed by atoms with Crippen molar-refractivity contribution in [3.63, 3.8) is 0 Å². The molecule has 0 saturated heterocycles. The Morgan fingerprint density at radius 1 is 0.345 bits per heavy atom. The molecule has 0 radical (unpaired) electrons. The van der Waals surface area contributed by atoms with Crippen molar-refractivity contribution in [1.29, 1.82) is 0 Å². The molecule has 2 heterocycles. The molecule has 0 spiro atoms. The quantitative estimate of drug-likeness (QED) is 0.169. The van der Waals surface area contributed by atoms with Gasteiger partial charge in [-0.25, -0.2) is 15.0 Å². The molecular weight excluding hydrogens is 707 g/mol. The summed E-state index contributed by atoms with van der Waals surface area (Å²) in [4.78, 5) is 15.8. The highest BCUT2D eigenvalue weighted by molar-refractivity contribution is 6.34. The minimum absolute atomic E-state index is 0.0910. The number of furan rings is 1. The number of rotatable bonds is 4. The van der Waals surface area contributed by atoms with Crippen LogP contribution in [0.15, 0.2) is 180 Å². The lowest BCUT2D eigenvalue weighted by molar-refractivity contribution is 0.660. The van der Waals surface area contributed by atoms with Crippen LogP contribution in [0.25, 0.3) is 111 Å². The first-order valence-corrected chi connectivity index (χ1v) is 19.9. The first-order chi connectivity index (χ1) is 28.5. The summed E-state index contributed by atoms with van der Waals surface area (Å²) in [6.07, 6.45) is 0. The molecule has 0 unspecified atom stereocenters. The normalized spacial score (nSPS) is 13.1. The van der Waals surface area contributed by atoms with Crippen molar-refractivity contribution in [2.45, 2.75) is 19.3 Å². The van der Waals surface area contributed by atoms with E-state index in [2.05, 4.69) is 172 Å². The highest BCUT2D eigenvalue weighted by Gasteiger charge is 2.35. The van der Waals surface area contributed by atoms with E-state index in [0.29, 0.717) is 17.5 Å². The van der Waals surface area contributed by atoms with Crippen LogP contribution in [0.2, 0.25) is 0 Å². The number of hydrogen-bond donors (Lipinski definition) is 0.